The lowest BCUT2D eigenvalue weighted by Gasteiger charge is -2.67. The first-order valence-electron chi connectivity index (χ1n) is 28.4. The molecule has 0 spiro atoms. The lowest BCUT2D eigenvalue weighted by atomic mass is 9.44. The first-order chi connectivity index (χ1) is 40.8. The van der Waals surface area contributed by atoms with E-state index in [4.69, 9.17) is 47.4 Å². The van der Waals surface area contributed by atoms with Gasteiger partial charge in [-0.1, -0.05) is 62.4 Å². The number of esters is 5. The van der Waals surface area contributed by atoms with Crippen molar-refractivity contribution >= 4 is 41.7 Å². The van der Waals surface area contributed by atoms with Crippen molar-refractivity contribution in [1.82, 2.24) is 5.32 Å². The average Bonchev–Trinajstić information content (AvgIpc) is 0.674. The minimum atomic E-state index is -2.57. The fourth-order valence-electron chi connectivity index (χ4n) is 12.9. The first kappa shape index (κ1) is 66.9. The van der Waals surface area contributed by atoms with Crippen LogP contribution in [0, 0.1) is 16.7 Å². The summed E-state index contributed by atoms with van der Waals surface area (Å²) in [6.45, 7) is 9.14. The molecule has 3 aliphatic carbocycles. The maximum absolute atomic E-state index is 15.3. The zero-order valence-electron chi connectivity index (χ0n) is 49.0. The van der Waals surface area contributed by atoms with Crippen LogP contribution in [0.4, 0.5) is 4.79 Å². The highest BCUT2D eigenvalue weighted by molar-refractivity contribution is 5.94. The lowest BCUT2D eigenvalue weighted by Crippen LogP contribution is -2.81. The average molecular weight is 1230 g/mol. The number of ether oxygens (including phenoxy) is 10. The molecule has 3 saturated heterocycles. The molecule has 28 nitrogen and oxygen atoms in total. The molecule has 6 aliphatic rings. The Hall–Kier alpha value is -6.09. The van der Waals surface area contributed by atoms with Crippen LogP contribution in [0.3, 0.4) is 0 Å². The minimum Gasteiger partial charge on any atom is -0.455 e. The number of hydrogen-bond acceptors (Lipinski definition) is 27. The molecule has 2 saturated carbocycles. The SMILES string of the molecule is CC(=O)O[C@@]12CO[C@@H]1C[C@H](O)[C@@]1(C)C(=O)[C@H](O)C3=C(C)[C@@H](OC(=O)[C@H](OC(=O)CCC(=O)OC4OC(CO)C(OC5OC(CO)C(O)C(O)C5O)C(O)C4O)[C@@H](NC(=O)OC(C)(C)C)c4ccccc4)C[C@@](O)([C@@H](OC(=O)c4ccccc4)[C@H]21)C3(C)C. The number of amides is 1. The monoisotopic (exact) mass is 1230 g/mol. The second-order valence-electron chi connectivity index (χ2n) is 24.5. The van der Waals surface area contributed by atoms with Gasteiger partial charge in [-0.3, -0.25) is 19.2 Å². The van der Waals surface area contributed by atoms with E-state index in [2.05, 4.69) is 5.32 Å². The molecule has 28 heteroatoms. The first-order valence-corrected chi connectivity index (χ1v) is 28.4. The number of nitrogens with one attached hydrogen (secondary N) is 1. The second-order valence-corrected chi connectivity index (χ2v) is 24.5. The normalized spacial score (nSPS) is 37.0. The molecule has 2 aromatic rings. The molecule has 11 N–H and O–H groups in total. The molecule has 3 aliphatic heterocycles. The number of aliphatic hydroxyl groups is 10. The molecule has 5 fully saturated rings. The fourth-order valence-corrected chi connectivity index (χ4v) is 12.9. The Morgan fingerprint density at radius 1 is 0.759 bits per heavy atom. The van der Waals surface area contributed by atoms with Gasteiger partial charge in [0.25, 0.3) is 0 Å². The molecular formula is C59H77NO27. The van der Waals surface area contributed by atoms with Crippen molar-refractivity contribution in [1.29, 1.82) is 0 Å². The predicted octanol–water partition coefficient (Wildman–Crippen LogP) is -1.24. The van der Waals surface area contributed by atoms with Crippen LogP contribution in [0.5, 0.6) is 0 Å². The number of carbonyl (C=O) groups excluding carboxylic acids is 7. The van der Waals surface area contributed by atoms with E-state index in [0.29, 0.717) is 0 Å². The summed E-state index contributed by atoms with van der Waals surface area (Å²) in [4.78, 5) is 99.5. The standard InChI is InChI=1S/C59H77NO27/c1-26-30(22-59(77)49(85-50(74)29-17-13-10-14-18-29)47-57(8,48(73)40(68)37(26)56(59,6)7)33(64)21-34-58(47,25-78-34)86-27(2)63)79-51(75)46(38(28-15-11-9-12-16-28)60-54(76)87-55(3,4)5)82-35(65)19-20-36(66)83-52-44(72)42(70)45(32(24-62)81-52)84-53-43(71)41(69)39(67)31(23-61)80-53/h9-18,30-34,38-47,49,52-53,61-62,64,67-72,77H,19-25H2,1-8H3,(H,60,76)/t30-,31?,32?,33-,34+,38-,39?,40+,41?,42?,43?,44?,45?,46+,47-,49-,52?,53?,57+,58-,59+/m0/s1. The largest absolute Gasteiger partial charge is 0.455 e. The number of Topliss-reactive ketones (excluding diaryl/α,β-unsaturated/α-hetero) is 1. The smallest absolute Gasteiger partial charge is 0.408 e. The molecule has 2 aromatic carbocycles. The number of alkyl carbamates (subject to hydrolysis) is 1. The van der Waals surface area contributed by atoms with Crippen LogP contribution in [-0.4, -0.2) is 227 Å². The van der Waals surface area contributed by atoms with Crippen LogP contribution in [0.1, 0.15) is 103 Å². The summed E-state index contributed by atoms with van der Waals surface area (Å²) in [7, 11) is 0. The number of fused-ring (bicyclic) bond motifs is 5. The van der Waals surface area contributed by atoms with Crippen LogP contribution in [-0.2, 0) is 71.3 Å². The van der Waals surface area contributed by atoms with Crippen molar-refractivity contribution in [2.24, 2.45) is 16.7 Å². The van der Waals surface area contributed by atoms with Gasteiger partial charge in [-0.05, 0) is 63.5 Å². The number of aliphatic hydroxyl groups excluding tert-OH is 9. The summed E-state index contributed by atoms with van der Waals surface area (Å²) >= 11 is 0. The van der Waals surface area contributed by atoms with E-state index in [0.717, 1.165) is 6.92 Å². The van der Waals surface area contributed by atoms with Crippen molar-refractivity contribution in [3.63, 3.8) is 0 Å². The Morgan fingerprint density at radius 2 is 1.36 bits per heavy atom. The molecule has 2 bridgehead atoms. The highest BCUT2D eigenvalue weighted by Crippen LogP contribution is 2.64. The molecule has 10 unspecified atom stereocenters. The summed E-state index contributed by atoms with van der Waals surface area (Å²) in [6, 6.07) is 13.4. The third-order valence-electron chi connectivity index (χ3n) is 17.5. The minimum absolute atomic E-state index is 0.0180. The Bertz CT molecular complexity index is 2900. The van der Waals surface area contributed by atoms with Gasteiger partial charge >= 0.3 is 35.9 Å². The Labute approximate surface area is 499 Å². The van der Waals surface area contributed by atoms with Gasteiger partial charge in [0.15, 0.2) is 17.7 Å². The van der Waals surface area contributed by atoms with E-state index < -0.39 is 218 Å². The molecular weight excluding hydrogens is 1150 g/mol. The molecule has 0 aromatic heterocycles. The van der Waals surface area contributed by atoms with Crippen LogP contribution in [0.15, 0.2) is 71.8 Å². The van der Waals surface area contributed by atoms with E-state index in [1.807, 2.05) is 0 Å². The third kappa shape index (κ3) is 12.8. The number of hydrogen-bond donors (Lipinski definition) is 11. The van der Waals surface area contributed by atoms with Crippen molar-refractivity contribution in [2.45, 2.75) is 202 Å². The Kier molecular flexibility index (Phi) is 19.8. The molecule has 0 radical (unpaired) electrons. The van der Waals surface area contributed by atoms with Gasteiger partial charge in [0, 0.05) is 25.2 Å². The molecule has 8 rings (SSSR count). The summed E-state index contributed by atoms with van der Waals surface area (Å²) < 4.78 is 57.6. The Balaban J connectivity index is 1.11. The van der Waals surface area contributed by atoms with E-state index in [1.165, 1.54) is 76.2 Å². The lowest BCUT2D eigenvalue weighted by molar-refractivity contribution is -0.355. The van der Waals surface area contributed by atoms with E-state index in [-0.39, 0.29) is 28.7 Å². The summed E-state index contributed by atoms with van der Waals surface area (Å²) in [6.07, 6.45) is -33.5. The Morgan fingerprint density at radius 3 is 1.94 bits per heavy atom. The van der Waals surface area contributed by atoms with E-state index in [1.54, 1.807) is 32.9 Å². The van der Waals surface area contributed by atoms with Gasteiger partial charge in [-0.25, -0.2) is 14.4 Å². The summed E-state index contributed by atoms with van der Waals surface area (Å²) in [5.74, 6) is -8.67. The topological polar surface area (TPSA) is 426 Å². The van der Waals surface area contributed by atoms with Crippen LogP contribution < -0.4 is 5.32 Å². The van der Waals surface area contributed by atoms with Crippen molar-refractivity contribution in [2.75, 3.05) is 19.8 Å². The van der Waals surface area contributed by atoms with Crippen molar-refractivity contribution < 1.29 is 132 Å². The number of benzene rings is 2. The van der Waals surface area contributed by atoms with Crippen LogP contribution >= 0.6 is 0 Å². The van der Waals surface area contributed by atoms with Crippen LogP contribution in [0.2, 0.25) is 0 Å². The zero-order chi connectivity index (χ0) is 64.0. The third-order valence-corrected chi connectivity index (χ3v) is 17.5. The molecule has 480 valence electrons. The summed E-state index contributed by atoms with van der Waals surface area (Å²) in [5.41, 5.74) is -9.72. The van der Waals surface area contributed by atoms with Gasteiger partial charge in [0.2, 0.25) is 12.4 Å². The van der Waals surface area contributed by atoms with Gasteiger partial charge in [0.05, 0.1) is 55.7 Å². The molecule has 87 heavy (non-hydrogen) atoms. The second kappa shape index (κ2) is 25.8. The predicted molar refractivity (Wildman–Crippen MR) is 289 cm³/mol. The zero-order valence-corrected chi connectivity index (χ0v) is 49.0. The summed E-state index contributed by atoms with van der Waals surface area (Å²) in [5, 5.41) is 114. The molecule has 3 heterocycles. The number of ketones is 1. The maximum atomic E-state index is 15.3. The molecule has 1 amide bonds. The quantitative estimate of drug-likeness (QED) is 0.0501. The molecule has 21 atom stereocenters. The van der Waals surface area contributed by atoms with Crippen molar-refractivity contribution in [3.8, 4) is 0 Å². The van der Waals surface area contributed by atoms with E-state index >= 15 is 9.59 Å². The van der Waals surface area contributed by atoms with Crippen molar-refractivity contribution in [3.05, 3.63) is 82.9 Å². The highest BCUT2D eigenvalue weighted by Gasteiger charge is 2.78. The van der Waals surface area contributed by atoms with Gasteiger partial charge in [-0.15, -0.1) is 0 Å². The van der Waals surface area contributed by atoms with E-state index in [9.17, 15) is 75.0 Å². The maximum Gasteiger partial charge on any atom is 0.408 e. The highest BCUT2D eigenvalue weighted by atomic mass is 16.8. The van der Waals surface area contributed by atoms with Gasteiger partial charge in [-0.2, -0.15) is 0 Å². The van der Waals surface area contributed by atoms with Gasteiger partial charge < -0.3 is 104 Å². The number of rotatable bonds is 17. The van der Waals surface area contributed by atoms with Crippen LogP contribution in [0.25, 0.3) is 0 Å². The fraction of sp³-hybridized carbons (Fsp3) is 0.644. The number of carbonyl (C=O) groups is 7. The van der Waals surface area contributed by atoms with Gasteiger partial charge in [0.1, 0.15) is 90.5 Å².